The van der Waals surface area contributed by atoms with Crippen molar-refractivity contribution in [3.05, 3.63) is 40.1 Å². The van der Waals surface area contributed by atoms with Crippen LogP contribution in [0.1, 0.15) is 41.3 Å². The van der Waals surface area contributed by atoms with Gasteiger partial charge in [-0.15, -0.1) is 11.3 Å². The maximum Gasteiger partial charge on any atom is 0.0951 e. The summed E-state index contributed by atoms with van der Waals surface area (Å²) in [5, 5.41) is 3.61. The molecule has 1 unspecified atom stereocenters. The molecule has 3 rings (SSSR count). The zero-order chi connectivity index (χ0) is 13.2. The fraction of sp³-hybridized carbons (Fsp3) is 0.533. The second kappa shape index (κ2) is 5.47. The Kier molecular flexibility index (Phi) is 3.71. The Labute approximate surface area is 118 Å². The zero-order valence-electron chi connectivity index (χ0n) is 11.6. The van der Waals surface area contributed by atoms with Gasteiger partial charge in [0.15, 0.2) is 0 Å². The lowest BCUT2D eigenvalue weighted by Gasteiger charge is -2.14. The molecule has 3 nitrogen and oxygen atoms in total. The molecule has 2 heterocycles. The third-order valence-electron chi connectivity index (χ3n) is 3.62. The first-order valence-electron chi connectivity index (χ1n) is 7.02. The van der Waals surface area contributed by atoms with Crippen molar-refractivity contribution in [1.82, 2.24) is 14.9 Å². The van der Waals surface area contributed by atoms with Crippen molar-refractivity contribution in [2.75, 3.05) is 0 Å². The summed E-state index contributed by atoms with van der Waals surface area (Å²) in [6, 6.07) is 5.66. The van der Waals surface area contributed by atoms with Crippen LogP contribution in [-0.4, -0.2) is 15.6 Å². The van der Waals surface area contributed by atoms with E-state index in [1.165, 1.54) is 28.3 Å². The summed E-state index contributed by atoms with van der Waals surface area (Å²) < 4.78 is 2.33. The van der Waals surface area contributed by atoms with Crippen LogP contribution in [0.3, 0.4) is 0 Å². The van der Waals surface area contributed by atoms with Crippen LogP contribution in [0.2, 0.25) is 0 Å². The number of imidazole rings is 1. The number of hydrogen-bond donors (Lipinski definition) is 1. The van der Waals surface area contributed by atoms with Crippen molar-refractivity contribution in [1.29, 1.82) is 0 Å². The van der Waals surface area contributed by atoms with Crippen LogP contribution in [-0.2, 0) is 13.0 Å². The molecule has 0 saturated heterocycles. The summed E-state index contributed by atoms with van der Waals surface area (Å²) in [5.41, 5.74) is 1.32. The van der Waals surface area contributed by atoms with Gasteiger partial charge in [0.05, 0.1) is 12.0 Å². The number of rotatable bonds is 6. The molecule has 1 saturated carbocycles. The lowest BCUT2D eigenvalue weighted by molar-refractivity contribution is 0.527. The fourth-order valence-electron chi connectivity index (χ4n) is 2.40. The van der Waals surface area contributed by atoms with E-state index in [1.54, 1.807) is 0 Å². The van der Waals surface area contributed by atoms with Crippen molar-refractivity contribution >= 4 is 11.3 Å². The Morgan fingerprint density at radius 1 is 1.47 bits per heavy atom. The van der Waals surface area contributed by atoms with E-state index in [0.29, 0.717) is 6.04 Å². The summed E-state index contributed by atoms with van der Waals surface area (Å²) in [5.74, 6) is 0. The minimum atomic E-state index is 0.501. The maximum atomic E-state index is 4.27. The van der Waals surface area contributed by atoms with Crippen molar-refractivity contribution in [3.63, 3.8) is 0 Å². The van der Waals surface area contributed by atoms with Crippen molar-refractivity contribution in [2.24, 2.45) is 0 Å². The van der Waals surface area contributed by atoms with Gasteiger partial charge < -0.3 is 9.88 Å². The molecule has 19 heavy (non-hydrogen) atoms. The smallest absolute Gasteiger partial charge is 0.0951 e. The van der Waals surface area contributed by atoms with E-state index in [2.05, 4.69) is 40.8 Å². The number of thiophene rings is 1. The normalized spacial score (nSPS) is 16.7. The highest BCUT2D eigenvalue weighted by atomic mass is 32.1. The highest BCUT2D eigenvalue weighted by molar-refractivity contribution is 7.11. The van der Waals surface area contributed by atoms with Crippen LogP contribution in [0.4, 0.5) is 0 Å². The second-order valence-corrected chi connectivity index (χ2v) is 6.89. The van der Waals surface area contributed by atoms with Gasteiger partial charge in [-0.1, -0.05) is 0 Å². The Hall–Kier alpha value is -1.13. The first-order chi connectivity index (χ1) is 9.22. The lowest BCUT2D eigenvalue weighted by Crippen LogP contribution is -2.28. The molecule has 1 aliphatic carbocycles. The molecule has 0 spiro atoms. The van der Waals surface area contributed by atoms with Gasteiger partial charge in [-0.25, -0.2) is 4.98 Å². The summed E-state index contributed by atoms with van der Waals surface area (Å²) in [6.07, 6.45) is 7.70. The minimum Gasteiger partial charge on any atom is -0.330 e. The van der Waals surface area contributed by atoms with Crippen LogP contribution in [0.5, 0.6) is 0 Å². The molecule has 1 aliphatic rings. The van der Waals surface area contributed by atoms with E-state index in [1.807, 2.05) is 23.9 Å². The van der Waals surface area contributed by atoms with Crippen LogP contribution < -0.4 is 5.32 Å². The molecule has 1 atom stereocenters. The Balaban J connectivity index is 1.52. The predicted octanol–water partition coefficient (Wildman–Crippen LogP) is 3.31. The quantitative estimate of drug-likeness (QED) is 0.876. The van der Waals surface area contributed by atoms with Crippen molar-refractivity contribution in [3.8, 4) is 0 Å². The Morgan fingerprint density at radius 3 is 3.00 bits per heavy atom. The fourth-order valence-corrected chi connectivity index (χ4v) is 3.42. The van der Waals surface area contributed by atoms with E-state index in [0.717, 1.165) is 19.0 Å². The summed E-state index contributed by atoms with van der Waals surface area (Å²) in [4.78, 5) is 7.14. The minimum absolute atomic E-state index is 0.501. The molecular weight excluding hydrogens is 254 g/mol. The number of hydrogen-bond acceptors (Lipinski definition) is 3. The molecule has 2 aromatic heterocycles. The molecule has 0 aliphatic heterocycles. The zero-order valence-corrected chi connectivity index (χ0v) is 12.4. The van der Waals surface area contributed by atoms with E-state index >= 15 is 0 Å². The SMILES string of the molecule is Cc1ccc(CC(C)NCc2cncn2C2CC2)s1. The molecule has 0 radical (unpaired) electrons. The molecule has 2 aromatic rings. The second-order valence-electron chi connectivity index (χ2n) is 5.52. The van der Waals surface area contributed by atoms with Gasteiger partial charge in [0.2, 0.25) is 0 Å². The van der Waals surface area contributed by atoms with Crippen LogP contribution >= 0.6 is 11.3 Å². The topological polar surface area (TPSA) is 29.9 Å². The van der Waals surface area contributed by atoms with Gasteiger partial charge in [0, 0.05) is 34.6 Å². The first kappa shape index (κ1) is 12.9. The molecule has 1 N–H and O–H groups in total. The Morgan fingerprint density at radius 2 is 2.32 bits per heavy atom. The maximum absolute atomic E-state index is 4.27. The molecular formula is C15H21N3S. The summed E-state index contributed by atoms with van der Waals surface area (Å²) in [6.45, 7) is 5.34. The number of aryl methyl sites for hydroxylation is 1. The monoisotopic (exact) mass is 275 g/mol. The van der Waals surface area contributed by atoms with Gasteiger partial charge in [-0.2, -0.15) is 0 Å². The van der Waals surface area contributed by atoms with E-state index in [4.69, 9.17) is 0 Å². The average Bonchev–Trinajstić information content (AvgIpc) is 2.98. The average molecular weight is 275 g/mol. The molecule has 0 aromatic carbocycles. The van der Waals surface area contributed by atoms with E-state index in [9.17, 15) is 0 Å². The highest BCUT2D eigenvalue weighted by Gasteiger charge is 2.25. The molecule has 1 fully saturated rings. The highest BCUT2D eigenvalue weighted by Crippen LogP contribution is 2.35. The van der Waals surface area contributed by atoms with Gasteiger partial charge >= 0.3 is 0 Å². The first-order valence-corrected chi connectivity index (χ1v) is 7.83. The van der Waals surface area contributed by atoms with Crippen LogP contribution in [0, 0.1) is 6.92 Å². The third kappa shape index (κ3) is 3.25. The predicted molar refractivity (Wildman–Crippen MR) is 79.6 cm³/mol. The molecule has 0 amide bonds. The number of aromatic nitrogens is 2. The van der Waals surface area contributed by atoms with Crippen LogP contribution in [0.25, 0.3) is 0 Å². The van der Waals surface area contributed by atoms with Gasteiger partial charge in [-0.05, 0) is 45.2 Å². The third-order valence-corrected chi connectivity index (χ3v) is 4.64. The standard InChI is InChI=1S/C15H21N3S/c1-11(7-15-6-3-12(2)19-15)17-9-14-8-16-10-18(14)13-4-5-13/h3,6,8,10-11,13,17H,4-5,7,9H2,1-2H3. The van der Waals surface area contributed by atoms with Gasteiger partial charge in [-0.3, -0.25) is 0 Å². The van der Waals surface area contributed by atoms with E-state index < -0.39 is 0 Å². The Bertz CT molecular complexity index is 539. The van der Waals surface area contributed by atoms with Crippen molar-refractivity contribution in [2.45, 2.75) is 51.7 Å². The number of nitrogens with one attached hydrogen (secondary N) is 1. The molecule has 0 bridgehead atoms. The largest absolute Gasteiger partial charge is 0.330 e. The summed E-state index contributed by atoms with van der Waals surface area (Å²) >= 11 is 1.90. The number of nitrogens with zero attached hydrogens (tertiary/aromatic N) is 2. The van der Waals surface area contributed by atoms with Crippen molar-refractivity contribution < 1.29 is 0 Å². The molecule has 4 heteroatoms. The molecule has 102 valence electrons. The summed E-state index contributed by atoms with van der Waals surface area (Å²) in [7, 11) is 0. The van der Waals surface area contributed by atoms with Crippen LogP contribution in [0.15, 0.2) is 24.7 Å². The lowest BCUT2D eigenvalue weighted by atomic mass is 10.2. The van der Waals surface area contributed by atoms with Gasteiger partial charge in [0.25, 0.3) is 0 Å². The van der Waals surface area contributed by atoms with E-state index in [-0.39, 0.29) is 0 Å². The van der Waals surface area contributed by atoms with Gasteiger partial charge in [0.1, 0.15) is 0 Å².